The van der Waals surface area contributed by atoms with Crippen LogP contribution in [0.2, 0.25) is 0 Å². The summed E-state index contributed by atoms with van der Waals surface area (Å²) < 4.78 is 16.9. The minimum Gasteiger partial charge on any atom is -0.350 e. The van der Waals surface area contributed by atoms with Crippen LogP contribution in [0.3, 0.4) is 0 Å². The Morgan fingerprint density at radius 1 is 1.06 bits per heavy atom. The Morgan fingerprint density at radius 3 is 2.50 bits per heavy atom. The lowest BCUT2D eigenvalue weighted by Crippen LogP contribution is -2.52. The molecular weight excluding hydrogens is 409 g/mol. The quantitative estimate of drug-likeness (QED) is 0.623. The third-order valence-corrected chi connectivity index (χ3v) is 6.09. The van der Waals surface area contributed by atoms with E-state index < -0.39 is 5.82 Å². The van der Waals surface area contributed by atoms with Crippen LogP contribution < -0.4 is 10.6 Å². The summed E-state index contributed by atoms with van der Waals surface area (Å²) in [6.07, 6.45) is 1.94. The summed E-state index contributed by atoms with van der Waals surface area (Å²) in [4.78, 5) is 31.1. The number of aryl methyl sites for hydroxylation is 1. The van der Waals surface area contributed by atoms with E-state index in [0.717, 1.165) is 29.7 Å². The van der Waals surface area contributed by atoms with E-state index in [1.54, 1.807) is 17.0 Å². The number of aromatic nitrogens is 1. The molecule has 8 heteroatoms. The largest absolute Gasteiger partial charge is 0.350 e. The van der Waals surface area contributed by atoms with Gasteiger partial charge in [-0.1, -0.05) is 18.2 Å². The van der Waals surface area contributed by atoms with E-state index in [-0.39, 0.29) is 30.5 Å². The topological polar surface area (TPSA) is 74.8 Å². The van der Waals surface area contributed by atoms with E-state index in [1.807, 2.05) is 54.0 Å². The van der Waals surface area contributed by atoms with Crippen LogP contribution in [0.5, 0.6) is 0 Å². The number of hydrogen-bond donors (Lipinski definition) is 1. The number of likely N-dealkylation sites (N-methyl/N-ethyl adjacent to an activating group) is 1. The molecule has 1 fully saturated rings. The van der Waals surface area contributed by atoms with E-state index in [0.29, 0.717) is 18.7 Å². The fourth-order valence-electron chi connectivity index (χ4n) is 4.08. The van der Waals surface area contributed by atoms with E-state index in [1.165, 1.54) is 6.07 Å². The highest BCUT2D eigenvalue weighted by atomic mass is 19.1. The number of halogens is 1. The van der Waals surface area contributed by atoms with Gasteiger partial charge in [0.1, 0.15) is 5.82 Å². The smallest absolute Gasteiger partial charge is 0.324 e. The van der Waals surface area contributed by atoms with E-state index in [4.69, 9.17) is 5.73 Å². The standard InChI is InChI=1S/C24H28FN5O2/c1-27-10-12-29(13-11-27)24(32)30(22-5-3-4-21-19(22)8-9-28(21)2)16-18-7-6-17(14-20(18)25)23(31)15-26/h3-9,14H,10-13,15-16,26H2,1-2H3. The molecule has 1 aliphatic rings. The maximum absolute atomic E-state index is 14.9. The number of hydrogen-bond acceptors (Lipinski definition) is 4. The van der Waals surface area contributed by atoms with Crippen molar-refractivity contribution >= 4 is 28.4 Å². The van der Waals surface area contributed by atoms with Gasteiger partial charge >= 0.3 is 6.03 Å². The zero-order chi connectivity index (χ0) is 22.8. The molecule has 2 N–H and O–H groups in total. The van der Waals surface area contributed by atoms with Crippen LogP contribution in [0.1, 0.15) is 15.9 Å². The van der Waals surface area contributed by atoms with Gasteiger partial charge in [-0.3, -0.25) is 9.69 Å². The Labute approximate surface area is 186 Å². The number of piperazine rings is 1. The van der Waals surface area contributed by atoms with Crippen LogP contribution >= 0.6 is 0 Å². The molecule has 0 radical (unpaired) electrons. The van der Waals surface area contributed by atoms with Gasteiger partial charge in [0.25, 0.3) is 0 Å². The molecule has 168 valence electrons. The van der Waals surface area contributed by atoms with Crippen molar-refractivity contribution in [1.82, 2.24) is 14.4 Å². The van der Waals surface area contributed by atoms with Crippen molar-refractivity contribution in [3.8, 4) is 0 Å². The maximum Gasteiger partial charge on any atom is 0.324 e. The summed E-state index contributed by atoms with van der Waals surface area (Å²) in [5.74, 6) is -0.851. The summed E-state index contributed by atoms with van der Waals surface area (Å²) in [6, 6.07) is 11.9. The van der Waals surface area contributed by atoms with Crippen molar-refractivity contribution in [2.75, 3.05) is 44.7 Å². The van der Waals surface area contributed by atoms with Crippen LogP contribution in [0.4, 0.5) is 14.9 Å². The van der Waals surface area contributed by atoms with Gasteiger partial charge in [-0.25, -0.2) is 9.18 Å². The van der Waals surface area contributed by atoms with Crippen LogP contribution in [0.15, 0.2) is 48.7 Å². The lowest BCUT2D eigenvalue weighted by molar-refractivity contribution is 0.100. The molecule has 1 aliphatic heterocycles. The summed E-state index contributed by atoms with van der Waals surface area (Å²) in [5, 5.41) is 0.924. The number of ketones is 1. The normalized spacial score (nSPS) is 14.7. The first-order chi connectivity index (χ1) is 15.4. The van der Waals surface area contributed by atoms with Gasteiger partial charge in [-0.2, -0.15) is 0 Å². The maximum atomic E-state index is 14.9. The Balaban J connectivity index is 1.72. The van der Waals surface area contributed by atoms with Crippen molar-refractivity contribution in [3.63, 3.8) is 0 Å². The molecule has 0 bridgehead atoms. The van der Waals surface area contributed by atoms with Crippen molar-refractivity contribution in [1.29, 1.82) is 0 Å². The highest BCUT2D eigenvalue weighted by Crippen LogP contribution is 2.30. The van der Waals surface area contributed by atoms with Crippen LogP contribution in [0.25, 0.3) is 10.9 Å². The second kappa shape index (κ2) is 9.10. The molecule has 2 amide bonds. The molecule has 7 nitrogen and oxygen atoms in total. The van der Waals surface area contributed by atoms with Gasteiger partial charge in [-0.15, -0.1) is 0 Å². The third-order valence-electron chi connectivity index (χ3n) is 6.09. The lowest BCUT2D eigenvalue weighted by atomic mass is 10.1. The van der Waals surface area contributed by atoms with Crippen LogP contribution in [0, 0.1) is 5.82 Å². The molecule has 32 heavy (non-hydrogen) atoms. The Morgan fingerprint density at radius 2 is 1.81 bits per heavy atom. The first-order valence-electron chi connectivity index (χ1n) is 10.7. The predicted octanol–water partition coefficient (Wildman–Crippen LogP) is 2.83. The highest BCUT2D eigenvalue weighted by Gasteiger charge is 2.27. The number of rotatable bonds is 5. The zero-order valence-electron chi connectivity index (χ0n) is 18.4. The fourth-order valence-corrected chi connectivity index (χ4v) is 4.08. The Bertz CT molecular complexity index is 1150. The number of nitrogens with two attached hydrogens (primary N) is 1. The average Bonchev–Trinajstić information content (AvgIpc) is 3.19. The van der Waals surface area contributed by atoms with Crippen LogP contribution in [-0.2, 0) is 13.6 Å². The first-order valence-corrected chi connectivity index (χ1v) is 10.7. The summed E-state index contributed by atoms with van der Waals surface area (Å²) in [5.41, 5.74) is 7.69. The monoisotopic (exact) mass is 437 g/mol. The van der Waals surface area contributed by atoms with Crippen molar-refractivity contribution in [2.24, 2.45) is 12.8 Å². The number of anilines is 1. The molecule has 4 rings (SSSR count). The average molecular weight is 438 g/mol. The number of nitrogens with zero attached hydrogens (tertiary/aromatic N) is 4. The van der Waals surface area contributed by atoms with E-state index >= 15 is 0 Å². The number of urea groups is 1. The van der Waals surface area contributed by atoms with E-state index in [2.05, 4.69) is 4.90 Å². The highest BCUT2D eigenvalue weighted by molar-refractivity contribution is 6.02. The van der Waals surface area contributed by atoms with Gasteiger partial charge in [0.2, 0.25) is 0 Å². The van der Waals surface area contributed by atoms with Gasteiger partial charge in [0.05, 0.1) is 18.8 Å². The summed E-state index contributed by atoms with van der Waals surface area (Å²) in [7, 11) is 3.98. The minimum absolute atomic E-state index is 0.0576. The van der Waals surface area contributed by atoms with Gasteiger partial charge in [0.15, 0.2) is 5.78 Å². The Hall–Kier alpha value is -3.23. The molecule has 0 saturated carbocycles. The molecule has 2 heterocycles. The summed E-state index contributed by atoms with van der Waals surface area (Å²) in [6.45, 7) is 2.69. The number of carbonyl (C=O) groups excluding carboxylic acids is 2. The van der Waals surface area contributed by atoms with Crippen molar-refractivity contribution < 1.29 is 14.0 Å². The SMILES string of the molecule is CN1CCN(C(=O)N(Cc2ccc(C(=O)CN)cc2F)c2cccc3c2ccn3C)CC1. The molecule has 1 saturated heterocycles. The predicted molar refractivity (Wildman–Crippen MR) is 123 cm³/mol. The molecule has 3 aromatic rings. The number of Topliss-reactive ketones (excluding diaryl/α,β-unsaturated/α-hetero) is 1. The van der Waals surface area contributed by atoms with Crippen LogP contribution in [-0.4, -0.2) is 66.0 Å². The van der Waals surface area contributed by atoms with E-state index in [9.17, 15) is 14.0 Å². The molecule has 0 unspecified atom stereocenters. The number of benzene rings is 2. The molecule has 1 aromatic heterocycles. The molecule has 0 spiro atoms. The van der Waals surface area contributed by atoms with Gasteiger partial charge in [-0.05, 0) is 31.3 Å². The molecule has 2 aromatic carbocycles. The van der Waals surface area contributed by atoms with Crippen molar-refractivity contribution in [2.45, 2.75) is 6.54 Å². The van der Waals surface area contributed by atoms with Gasteiger partial charge in [0, 0.05) is 61.5 Å². The molecular formula is C24H28FN5O2. The number of amides is 2. The Kier molecular flexibility index (Phi) is 6.25. The van der Waals surface area contributed by atoms with Gasteiger partial charge < -0.3 is 20.1 Å². The molecule has 0 aliphatic carbocycles. The molecule has 0 atom stereocenters. The fraction of sp³-hybridized carbons (Fsp3) is 0.333. The van der Waals surface area contributed by atoms with Crippen molar-refractivity contribution in [3.05, 3.63) is 65.6 Å². The lowest BCUT2D eigenvalue weighted by Gasteiger charge is -2.36. The number of fused-ring (bicyclic) bond motifs is 1. The minimum atomic E-state index is -0.527. The third kappa shape index (κ3) is 4.24. The second-order valence-electron chi connectivity index (χ2n) is 8.23. The number of carbonyl (C=O) groups is 2. The summed E-state index contributed by atoms with van der Waals surface area (Å²) >= 11 is 0. The first kappa shape index (κ1) is 22.0. The zero-order valence-corrected chi connectivity index (χ0v) is 18.4. The second-order valence-corrected chi connectivity index (χ2v) is 8.23.